The van der Waals surface area contributed by atoms with Crippen LogP contribution in [0.4, 0.5) is 5.69 Å². The predicted octanol–water partition coefficient (Wildman–Crippen LogP) is 2.93. The maximum atomic E-state index is 6.00. The zero-order valence-corrected chi connectivity index (χ0v) is 14.4. The molecule has 1 saturated heterocycles. The van der Waals surface area contributed by atoms with Crippen molar-refractivity contribution >= 4 is 16.9 Å². The number of methoxy groups -OCH3 is 1. The zero-order chi connectivity index (χ0) is 17.2. The summed E-state index contributed by atoms with van der Waals surface area (Å²) in [5.41, 5.74) is 9.61. The molecule has 0 unspecified atom stereocenters. The van der Waals surface area contributed by atoms with Crippen molar-refractivity contribution < 1.29 is 4.74 Å². The van der Waals surface area contributed by atoms with Crippen molar-refractivity contribution in [2.45, 2.75) is 25.3 Å². The predicted molar refractivity (Wildman–Crippen MR) is 98.5 cm³/mol. The number of anilines is 1. The lowest BCUT2D eigenvalue weighted by atomic mass is 9.96. The Morgan fingerprint density at radius 2 is 1.96 bits per heavy atom. The summed E-state index contributed by atoms with van der Waals surface area (Å²) in [6.45, 7) is 3.11. The van der Waals surface area contributed by atoms with Gasteiger partial charge in [0.25, 0.3) is 0 Å². The van der Waals surface area contributed by atoms with Crippen molar-refractivity contribution in [3.8, 4) is 5.75 Å². The largest absolute Gasteiger partial charge is 0.497 e. The van der Waals surface area contributed by atoms with Crippen LogP contribution in [-0.4, -0.2) is 40.1 Å². The molecule has 25 heavy (non-hydrogen) atoms. The number of piperidine rings is 1. The molecule has 0 aliphatic carbocycles. The number of benzene rings is 1. The monoisotopic (exact) mass is 337 g/mol. The number of ether oxygens (including phenoxy) is 1. The fraction of sp³-hybridized carbons (Fsp3) is 0.368. The molecular weight excluding hydrogens is 314 g/mol. The first-order chi connectivity index (χ1) is 12.2. The summed E-state index contributed by atoms with van der Waals surface area (Å²) in [5, 5.41) is 0. The van der Waals surface area contributed by atoms with E-state index in [2.05, 4.69) is 32.0 Å². The molecule has 130 valence electrons. The Morgan fingerprint density at radius 3 is 2.64 bits per heavy atom. The highest BCUT2D eigenvalue weighted by molar-refractivity contribution is 5.83. The van der Waals surface area contributed by atoms with E-state index in [1.807, 2.05) is 18.2 Å². The fourth-order valence-electron chi connectivity index (χ4n) is 3.50. The van der Waals surface area contributed by atoms with Gasteiger partial charge in [0, 0.05) is 18.7 Å². The Labute approximate surface area is 147 Å². The Balaban J connectivity index is 1.39. The molecule has 6 heteroatoms. The fourth-order valence-corrected chi connectivity index (χ4v) is 3.50. The smallest absolute Gasteiger partial charge is 0.179 e. The lowest BCUT2D eigenvalue weighted by molar-refractivity contribution is 0.202. The van der Waals surface area contributed by atoms with E-state index < -0.39 is 0 Å². The SMILES string of the molecule is COc1ccc(CN2CCC(c3nc4nccc(N)c4[nH]3)CC2)cc1. The topological polar surface area (TPSA) is 80.1 Å². The number of nitrogens with two attached hydrogens (primary N) is 1. The molecule has 0 radical (unpaired) electrons. The Bertz CT molecular complexity index is 850. The number of imidazole rings is 1. The van der Waals surface area contributed by atoms with Crippen LogP contribution in [0.1, 0.15) is 30.1 Å². The van der Waals surface area contributed by atoms with Crippen LogP contribution in [0.15, 0.2) is 36.5 Å². The number of fused-ring (bicyclic) bond motifs is 1. The molecule has 0 amide bonds. The molecule has 1 aliphatic rings. The normalized spacial score (nSPS) is 16.4. The Morgan fingerprint density at radius 1 is 1.20 bits per heavy atom. The van der Waals surface area contributed by atoms with E-state index >= 15 is 0 Å². The minimum absolute atomic E-state index is 0.445. The van der Waals surface area contributed by atoms with Gasteiger partial charge in [-0.15, -0.1) is 0 Å². The number of aromatic nitrogens is 3. The maximum Gasteiger partial charge on any atom is 0.179 e. The molecule has 4 rings (SSSR count). The number of aromatic amines is 1. The summed E-state index contributed by atoms with van der Waals surface area (Å²) < 4.78 is 5.22. The van der Waals surface area contributed by atoms with Crippen molar-refractivity contribution in [3.63, 3.8) is 0 Å². The quantitative estimate of drug-likeness (QED) is 0.765. The van der Waals surface area contributed by atoms with E-state index in [-0.39, 0.29) is 0 Å². The second kappa shape index (κ2) is 6.72. The number of nitrogen functional groups attached to an aromatic ring is 1. The summed E-state index contributed by atoms with van der Waals surface area (Å²) >= 11 is 0. The summed E-state index contributed by atoms with van der Waals surface area (Å²) in [5.74, 6) is 2.37. The second-order valence-corrected chi connectivity index (χ2v) is 6.62. The number of hydrogen-bond acceptors (Lipinski definition) is 5. The van der Waals surface area contributed by atoms with Gasteiger partial charge in [-0.05, 0) is 49.7 Å². The Hall–Kier alpha value is -2.60. The van der Waals surface area contributed by atoms with Crippen LogP contribution in [0.2, 0.25) is 0 Å². The first-order valence-electron chi connectivity index (χ1n) is 8.68. The zero-order valence-electron chi connectivity index (χ0n) is 14.4. The van der Waals surface area contributed by atoms with E-state index in [0.29, 0.717) is 11.6 Å². The van der Waals surface area contributed by atoms with E-state index in [4.69, 9.17) is 10.5 Å². The van der Waals surface area contributed by atoms with Crippen molar-refractivity contribution in [3.05, 3.63) is 47.9 Å². The van der Waals surface area contributed by atoms with E-state index in [0.717, 1.165) is 55.2 Å². The number of pyridine rings is 1. The van der Waals surface area contributed by atoms with Crippen molar-refractivity contribution in [2.24, 2.45) is 0 Å². The molecule has 1 aromatic carbocycles. The molecule has 0 bridgehead atoms. The maximum absolute atomic E-state index is 6.00. The van der Waals surface area contributed by atoms with Crippen LogP contribution >= 0.6 is 0 Å². The average Bonchev–Trinajstić information content (AvgIpc) is 3.09. The second-order valence-electron chi connectivity index (χ2n) is 6.62. The first kappa shape index (κ1) is 15.9. The number of likely N-dealkylation sites (tertiary alicyclic amines) is 1. The number of nitrogens with one attached hydrogen (secondary N) is 1. The molecule has 0 saturated carbocycles. The molecule has 0 spiro atoms. The highest BCUT2D eigenvalue weighted by Crippen LogP contribution is 2.29. The molecule has 3 aromatic rings. The van der Waals surface area contributed by atoms with Gasteiger partial charge in [-0.25, -0.2) is 9.97 Å². The van der Waals surface area contributed by atoms with Crippen LogP contribution in [0.5, 0.6) is 5.75 Å². The number of nitrogens with zero attached hydrogens (tertiary/aromatic N) is 3. The highest BCUT2D eigenvalue weighted by Gasteiger charge is 2.23. The molecular formula is C19H23N5O. The molecule has 2 aromatic heterocycles. The van der Waals surface area contributed by atoms with E-state index in [1.165, 1.54) is 5.56 Å². The highest BCUT2D eigenvalue weighted by atomic mass is 16.5. The number of rotatable bonds is 4. The third kappa shape index (κ3) is 3.30. The van der Waals surface area contributed by atoms with Crippen molar-refractivity contribution in [2.75, 3.05) is 25.9 Å². The van der Waals surface area contributed by atoms with Crippen LogP contribution in [-0.2, 0) is 6.54 Å². The van der Waals surface area contributed by atoms with Crippen LogP contribution in [0, 0.1) is 0 Å². The lowest BCUT2D eigenvalue weighted by Gasteiger charge is -2.31. The third-order valence-corrected chi connectivity index (χ3v) is 4.98. The van der Waals surface area contributed by atoms with Gasteiger partial charge in [0.15, 0.2) is 5.65 Å². The minimum atomic E-state index is 0.445. The summed E-state index contributed by atoms with van der Waals surface area (Å²) in [4.78, 5) is 14.8. The molecule has 1 fully saturated rings. The minimum Gasteiger partial charge on any atom is -0.497 e. The van der Waals surface area contributed by atoms with Crippen molar-refractivity contribution in [1.82, 2.24) is 19.9 Å². The molecule has 0 atom stereocenters. The van der Waals surface area contributed by atoms with Gasteiger partial charge in [-0.3, -0.25) is 4.90 Å². The van der Waals surface area contributed by atoms with Gasteiger partial charge in [-0.1, -0.05) is 12.1 Å². The first-order valence-corrected chi connectivity index (χ1v) is 8.68. The van der Waals surface area contributed by atoms with Gasteiger partial charge in [0.05, 0.1) is 12.8 Å². The summed E-state index contributed by atoms with van der Waals surface area (Å²) in [6, 6.07) is 10.1. The molecule has 3 heterocycles. The van der Waals surface area contributed by atoms with Crippen molar-refractivity contribution in [1.29, 1.82) is 0 Å². The number of H-pyrrole nitrogens is 1. The average molecular weight is 337 g/mol. The van der Waals surface area contributed by atoms with Gasteiger partial charge in [0.1, 0.15) is 17.1 Å². The lowest BCUT2D eigenvalue weighted by Crippen LogP contribution is -2.32. The van der Waals surface area contributed by atoms with Gasteiger partial charge in [-0.2, -0.15) is 0 Å². The van der Waals surface area contributed by atoms with Crippen LogP contribution in [0.3, 0.4) is 0 Å². The van der Waals surface area contributed by atoms with Gasteiger partial charge < -0.3 is 15.5 Å². The van der Waals surface area contributed by atoms with Crippen LogP contribution in [0.25, 0.3) is 11.2 Å². The molecule has 1 aliphatic heterocycles. The van der Waals surface area contributed by atoms with E-state index in [1.54, 1.807) is 13.3 Å². The third-order valence-electron chi connectivity index (χ3n) is 4.98. The van der Waals surface area contributed by atoms with Crippen LogP contribution < -0.4 is 10.5 Å². The number of hydrogen-bond donors (Lipinski definition) is 2. The van der Waals surface area contributed by atoms with E-state index in [9.17, 15) is 0 Å². The van der Waals surface area contributed by atoms with Gasteiger partial charge in [0.2, 0.25) is 0 Å². The summed E-state index contributed by atoms with van der Waals surface area (Å²) in [7, 11) is 1.70. The molecule has 6 nitrogen and oxygen atoms in total. The Kier molecular flexibility index (Phi) is 4.28. The molecule has 3 N–H and O–H groups in total. The summed E-state index contributed by atoms with van der Waals surface area (Å²) in [6.07, 6.45) is 3.89. The van der Waals surface area contributed by atoms with Gasteiger partial charge >= 0.3 is 0 Å². The standard InChI is InChI=1S/C19H23N5O/c1-25-15-4-2-13(3-5-15)12-24-10-7-14(8-11-24)18-22-17-16(20)6-9-21-19(17)23-18/h2-6,9,14H,7-8,10-12H2,1H3,(H3,20,21,22,23).